The predicted molar refractivity (Wildman–Crippen MR) is 72.4 cm³/mol. The number of amides is 2. The lowest BCUT2D eigenvalue weighted by Crippen LogP contribution is -2.60. The Balaban J connectivity index is 1.98. The summed E-state index contributed by atoms with van der Waals surface area (Å²) in [5, 5.41) is 0. The Bertz CT molecular complexity index is 297. The van der Waals surface area contributed by atoms with E-state index in [1.54, 1.807) is 0 Å². The van der Waals surface area contributed by atoms with Crippen molar-refractivity contribution in [3.8, 4) is 0 Å². The summed E-state index contributed by atoms with van der Waals surface area (Å²) >= 11 is 0. The first-order valence-corrected chi connectivity index (χ1v) is 7.06. The monoisotopic (exact) mass is 254 g/mol. The van der Waals surface area contributed by atoms with E-state index in [0.717, 1.165) is 39.1 Å². The molecule has 104 valence electrons. The van der Waals surface area contributed by atoms with Crippen molar-refractivity contribution in [2.75, 3.05) is 46.3 Å². The zero-order valence-electron chi connectivity index (χ0n) is 11.6. The molecule has 2 atom stereocenters. The van der Waals surface area contributed by atoms with E-state index in [-0.39, 0.29) is 12.1 Å². The molecule has 2 heterocycles. The van der Waals surface area contributed by atoms with Gasteiger partial charge in [-0.05, 0) is 25.8 Å². The molecule has 0 aromatic heterocycles. The minimum absolute atomic E-state index is 0.175. The van der Waals surface area contributed by atoms with Crippen LogP contribution in [0.25, 0.3) is 0 Å². The molecule has 2 saturated heterocycles. The van der Waals surface area contributed by atoms with Crippen LogP contribution in [0.15, 0.2) is 0 Å². The third kappa shape index (κ3) is 2.95. The van der Waals surface area contributed by atoms with E-state index in [0.29, 0.717) is 12.5 Å². The number of likely N-dealkylation sites (tertiary alicyclic amines) is 1. The molecule has 0 spiro atoms. The second kappa shape index (κ2) is 5.89. The van der Waals surface area contributed by atoms with Gasteiger partial charge in [-0.1, -0.05) is 6.92 Å². The average Bonchev–Trinajstić information content (AvgIpc) is 2.37. The summed E-state index contributed by atoms with van der Waals surface area (Å²) in [6, 6.07) is 0.374. The first-order chi connectivity index (χ1) is 8.61. The predicted octanol–water partition coefficient (Wildman–Crippen LogP) is 0.413. The van der Waals surface area contributed by atoms with E-state index in [9.17, 15) is 4.79 Å². The van der Waals surface area contributed by atoms with Crippen LogP contribution in [-0.2, 0) is 0 Å². The smallest absolute Gasteiger partial charge is 0.320 e. The number of carbonyl (C=O) groups excluding carboxylic acids is 1. The van der Waals surface area contributed by atoms with E-state index in [4.69, 9.17) is 5.73 Å². The van der Waals surface area contributed by atoms with Crippen molar-refractivity contribution in [1.29, 1.82) is 0 Å². The van der Waals surface area contributed by atoms with Gasteiger partial charge in [-0.3, -0.25) is 0 Å². The van der Waals surface area contributed by atoms with E-state index in [2.05, 4.69) is 18.9 Å². The van der Waals surface area contributed by atoms with Crippen LogP contribution in [0.5, 0.6) is 0 Å². The molecule has 0 bridgehead atoms. The number of piperazine rings is 1. The summed E-state index contributed by atoms with van der Waals surface area (Å²) in [4.78, 5) is 18.8. The molecule has 0 aromatic rings. The number of piperidine rings is 1. The van der Waals surface area contributed by atoms with E-state index in [1.165, 1.54) is 6.42 Å². The molecule has 5 heteroatoms. The maximum Gasteiger partial charge on any atom is 0.320 e. The third-order valence-electron chi connectivity index (χ3n) is 4.13. The van der Waals surface area contributed by atoms with Gasteiger partial charge in [-0.15, -0.1) is 0 Å². The van der Waals surface area contributed by atoms with Crippen LogP contribution in [0.2, 0.25) is 0 Å². The molecule has 0 aliphatic carbocycles. The normalized spacial score (nSPS) is 30.6. The molecule has 2 aliphatic heterocycles. The van der Waals surface area contributed by atoms with Crippen molar-refractivity contribution in [3.05, 3.63) is 0 Å². The quantitative estimate of drug-likeness (QED) is 0.737. The van der Waals surface area contributed by atoms with Crippen LogP contribution in [0.1, 0.15) is 19.8 Å². The average molecular weight is 254 g/mol. The highest BCUT2D eigenvalue weighted by Crippen LogP contribution is 2.19. The summed E-state index contributed by atoms with van der Waals surface area (Å²) in [6.45, 7) is 7.25. The van der Waals surface area contributed by atoms with E-state index >= 15 is 0 Å². The van der Waals surface area contributed by atoms with Crippen LogP contribution < -0.4 is 5.73 Å². The highest BCUT2D eigenvalue weighted by atomic mass is 16.2. The van der Waals surface area contributed by atoms with Crippen LogP contribution in [0, 0.1) is 5.92 Å². The summed E-state index contributed by atoms with van der Waals surface area (Å²) in [5.74, 6) is 0.631. The molecular formula is C13H26N4O. The van der Waals surface area contributed by atoms with Gasteiger partial charge in [0.15, 0.2) is 0 Å². The number of rotatable bonds is 1. The van der Waals surface area contributed by atoms with Crippen molar-refractivity contribution in [1.82, 2.24) is 14.7 Å². The molecule has 2 unspecified atom stereocenters. The number of hydrogen-bond acceptors (Lipinski definition) is 3. The fourth-order valence-corrected chi connectivity index (χ4v) is 3.01. The van der Waals surface area contributed by atoms with Gasteiger partial charge in [0.2, 0.25) is 0 Å². The van der Waals surface area contributed by atoms with Gasteiger partial charge in [0.25, 0.3) is 0 Å². The molecule has 2 amide bonds. The molecule has 18 heavy (non-hydrogen) atoms. The Labute approximate surface area is 110 Å². The van der Waals surface area contributed by atoms with Crippen molar-refractivity contribution in [3.63, 3.8) is 0 Å². The van der Waals surface area contributed by atoms with Gasteiger partial charge in [0, 0.05) is 39.3 Å². The second-order valence-electron chi connectivity index (χ2n) is 5.82. The Kier molecular flexibility index (Phi) is 4.45. The second-order valence-corrected chi connectivity index (χ2v) is 5.82. The minimum Gasteiger partial charge on any atom is -0.328 e. The fraction of sp³-hybridized carbons (Fsp3) is 0.923. The van der Waals surface area contributed by atoms with E-state index < -0.39 is 0 Å². The molecule has 0 aromatic carbocycles. The van der Waals surface area contributed by atoms with Crippen LogP contribution >= 0.6 is 0 Å². The van der Waals surface area contributed by atoms with Gasteiger partial charge >= 0.3 is 6.03 Å². The standard InChI is InChI=1S/C13H26N4O/c1-11-4-3-5-16(9-11)13(18)17-7-6-15(2)10-12(17)8-14/h11-12H,3-10,14H2,1-2H3. The number of nitrogens with two attached hydrogens (primary N) is 1. The Hall–Kier alpha value is -0.810. The van der Waals surface area contributed by atoms with Crippen LogP contribution in [0.3, 0.4) is 0 Å². The zero-order chi connectivity index (χ0) is 13.1. The maximum absolute atomic E-state index is 12.6. The number of urea groups is 1. The summed E-state index contributed by atoms with van der Waals surface area (Å²) in [6.07, 6.45) is 2.38. The topological polar surface area (TPSA) is 52.8 Å². The number of likely N-dealkylation sites (N-methyl/N-ethyl adjacent to an activating group) is 1. The zero-order valence-corrected chi connectivity index (χ0v) is 11.6. The lowest BCUT2D eigenvalue weighted by Gasteiger charge is -2.43. The SMILES string of the molecule is CC1CCCN(C(=O)N2CCN(C)CC2CN)C1. The van der Waals surface area contributed by atoms with Gasteiger partial charge in [-0.25, -0.2) is 4.79 Å². The highest BCUT2D eigenvalue weighted by molar-refractivity contribution is 5.75. The Morgan fingerprint density at radius 1 is 1.28 bits per heavy atom. The van der Waals surface area contributed by atoms with Crippen molar-refractivity contribution in [2.24, 2.45) is 11.7 Å². The first-order valence-electron chi connectivity index (χ1n) is 7.06. The Morgan fingerprint density at radius 3 is 2.72 bits per heavy atom. The number of nitrogens with zero attached hydrogens (tertiary/aromatic N) is 3. The van der Waals surface area contributed by atoms with Gasteiger partial charge in [-0.2, -0.15) is 0 Å². The van der Waals surface area contributed by atoms with Gasteiger partial charge in [0.1, 0.15) is 0 Å². The molecule has 2 aliphatic rings. The molecule has 0 radical (unpaired) electrons. The number of hydrogen-bond donors (Lipinski definition) is 1. The third-order valence-corrected chi connectivity index (χ3v) is 4.13. The minimum atomic E-state index is 0.175. The number of carbonyl (C=O) groups is 1. The highest BCUT2D eigenvalue weighted by Gasteiger charge is 2.32. The maximum atomic E-state index is 12.6. The van der Waals surface area contributed by atoms with Crippen molar-refractivity contribution >= 4 is 6.03 Å². The summed E-state index contributed by atoms with van der Waals surface area (Å²) in [7, 11) is 2.09. The van der Waals surface area contributed by atoms with Crippen molar-refractivity contribution in [2.45, 2.75) is 25.8 Å². The Morgan fingerprint density at radius 2 is 2.06 bits per heavy atom. The largest absolute Gasteiger partial charge is 0.328 e. The lowest BCUT2D eigenvalue weighted by molar-refractivity contribution is 0.0782. The van der Waals surface area contributed by atoms with Gasteiger partial charge in [0.05, 0.1) is 6.04 Å². The van der Waals surface area contributed by atoms with Crippen LogP contribution in [0.4, 0.5) is 4.79 Å². The summed E-state index contributed by atoms with van der Waals surface area (Å²) < 4.78 is 0. The molecule has 5 nitrogen and oxygen atoms in total. The molecule has 2 fully saturated rings. The lowest BCUT2D eigenvalue weighted by atomic mass is 10.0. The van der Waals surface area contributed by atoms with Crippen molar-refractivity contribution < 1.29 is 4.79 Å². The molecule has 2 N–H and O–H groups in total. The van der Waals surface area contributed by atoms with Crippen LogP contribution in [-0.4, -0.2) is 73.1 Å². The van der Waals surface area contributed by atoms with Gasteiger partial charge < -0.3 is 20.4 Å². The summed E-state index contributed by atoms with van der Waals surface area (Å²) in [5.41, 5.74) is 5.81. The molecule has 2 rings (SSSR count). The molecule has 0 saturated carbocycles. The fourth-order valence-electron chi connectivity index (χ4n) is 3.01. The van der Waals surface area contributed by atoms with E-state index in [1.807, 2.05) is 9.80 Å². The molecular weight excluding hydrogens is 228 g/mol. The first kappa shape index (κ1) is 13.6.